The minimum Gasteiger partial charge on any atom is -0.313 e. The van der Waals surface area contributed by atoms with Crippen LogP contribution in [0.3, 0.4) is 0 Å². The highest BCUT2D eigenvalue weighted by Crippen LogP contribution is 2.32. The molecule has 0 unspecified atom stereocenters. The number of nitrogens with one attached hydrogen (secondary N) is 1. The number of alkyl halides is 3. The maximum Gasteiger partial charge on any atom is 0.416 e. The van der Waals surface area contributed by atoms with E-state index < -0.39 is 17.3 Å². The van der Waals surface area contributed by atoms with Gasteiger partial charge in [-0.05, 0) is 29.8 Å². The molecule has 0 spiro atoms. The molecule has 0 aliphatic carbocycles. The van der Waals surface area contributed by atoms with Crippen LogP contribution in [-0.4, -0.2) is 9.97 Å². The number of H-pyrrole nitrogens is 1. The van der Waals surface area contributed by atoms with Crippen LogP contribution in [0.2, 0.25) is 0 Å². The van der Waals surface area contributed by atoms with E-state index in [-0.39, 0.29) is 10.1 Å². The quantitative estimate of drug-likeness (QED) is 0.554. The zero-order chi connectivity index (χ0) is 19.0. The van der Waals surface area contributed by atoms with Crippen molar-refractivity contribution in [2.45, 2.75) is 6.18 Å². The minimum atomic E-state index is -4.48. The van der Waals surface area contributed by atoms with Gasteiger partial charge in [-0.25, -0.2) is 4.98 Å². The lowest BCUT2D eigenvalue weighted by molar-refractivity contribution is -0.137. The van der Waals surface area contributed by atoms with E-state index in [2.05, 4.69) is 9.97 Å². The van der Waals surface area contributed by atoms with Crippen molar-refractivity contribution < 1.29 is 13.2 Å². The largest absolute Gasteiger partial charge is 0.416 e. The summed E-state index contributed by atoms with van der Waals surface area (Å²) in [4.78, 5) is 19.3. The SMILES string of the molecule is O=c1[nH]/c(=C/c2nc3ccccc3s2)s/c1=C\c1ccccc1C(F)(F)F. The lowest BCUT2D eigenvalue weighted by Crippen LogP contribution is -2.20. The third kappa shape index (κ3) is 3.72. The molecule has 2 aromatic heterocycles. The Morgan fingerprint density at radius 1 is 0.963 bits per heavy atom. The molecule has 0 amide bonds. The summed E-state index contributed by atoms with van der Waals surface area (Å²) in [6.07, 6.45) is -1.49. The first-order valence-corrected chi connectivity index (χ1v) is 9.48. The molecule has 8 heteroatoms. The fourth-order valence-corrected chi connectivity index (χ4v) is 4.48. The first kappa shape index (κ1) is 17.7. The summed E-state index contributed by atoms with van der Waals surface area (Å²) >= 11 is 2.57. The molecule has 0 fully saturated rings. The van der Waals surface area contributed by atoms with Crippen molar-refractivity contribution in [1.29, 1.82) is 0 Å². The highest BCUT2D eigenvalue weighted by atomic mass is 32.1. The number of halogens is 3. The van der Waals surface area contributed by atoms with Crippen molar-refractivity contribution in [2.75, 3.05) is 0 Å². The highest BCUT2D eigenvalue weighted by molar-refractivity contribution is 7.19. The predicted octanol–water partition coefficient (Wildman–Crippen LogP) is 3.72. The molecule has 0 saturated carbocycles. The lowest BCUT2D eigenvalue weighted by atomic mass is 10.1. The van der Waals surface area contributed by atoms with Crippen molar-refractivity contribution >= 4 is 45.0 Å². The van der Waals surface area contributed by atoms with Gasteiger partial charge in [0.1, 0.15) is 5.01 Å². The van der Waals surface area contributed by atoms with Gasteiger partial charge in [0.25, 0.3) is 5.56 Å². The van der Waals surface area contributed by atoms with Crippen LogP contribution in [0, 0.1) is 0 Å². The van der Waals surface area contributed by atoms with Crippen molar-refractivity contribution in [3.05, 3.63) is 84.2 Å². The maximum atomic E-state index is 13.1. The summed E-state index contributed by atoms with van der Waals surface area (Å²) in [7, 11) is 0. The van der Waals surface area contributed by atoms with Crippen molar-refractivity contribution in [3.63, 3.8) is 0 Å². The Labute approximate surface area is 158 Å². The van der Waals surface area contributed by atoms with E-state index in [0.29, 0.717) is 4.66 Å². The monoisotopic (exact) mass is 404 g/mol. The Balaban J connectivity index is 1.81. The predicted molar refractivity (Wildman–Crippen MR) is 102 cm³/mol. The van der Waals surface area contributed by atoms with Gasteiger partial charge < -0.3 is 4.98 Å². The average molecular weight is 404 g/mol. The van der Waals surface area contributed by atoms with Crippen molar-refractivity contribution in [3.8, 4) is 0 Å². The Morgan fingerprint density at radius 3 is 2.48 bits per heavy atom. The van der Waals surface area contributed by atoms with Gasteiger partial charge in [-0.15, -0.1) is 22.7 Å². The van der Waals surface area contributed by atoms with E-state index >= 15 is 0 Å². The van der Waals surface area contributed by atoms with E-state index in [1.165, 1.54) is 35.6 Å². The summed E-state index contributed by atoms with van der Waals surface area (Å²) in [6, 6.07) is 12.8. The number of fused-ring (bicyclic) bond motifs is 1. The number of hydrogen-bond acceptors (Lipinski definition) is 4. The topological polar surface area (TPSA) is 45.8 Å². The third-order valence-corrected chi connectivity index (χ3v) is 5.74. The summed E-state index contributed by atoms with van der Waals surface area (Å²) in [5.41, 5.74) is -0.374. The van der Waals surface area contributed by atoms with Crippen LogP contribution in [0.25, 0.3) is 22.4 Å². The molecule has 2 heterocycles. The minimum absolute atomic E-state index is 0.0381. The van der Waals surface area contributed by atoms with Gasteiger partial charge in [-0.2, -0.15) is 13.2 Å². The average Bonchev–Trinajstić information content (AvgIpc) is 3.17. The summed E-state index contributed by atoms with van der Waals surface area (Å²) in [6.45, 7) is 0. The highest BCUT2D eigenvalue weighted by Gasteiger charge is 2.32. The number of para-hydroxylation sites is 1. The van der Waals surface area contributed by atoms with Gasteiger partial charge in [-0.1, -0.05) is 30.3 Å². The number of hydrogen-bond donors (Lipinski definition) is 1. The molecule has 0 bridgehead atoms. The first-order chi connectivity index (χ1) is 12.9. The molecule has 2 aromatic carbocycles. The standard InChI is InChI=1S/C19H11F3N2OS2/c20-19(21,22)12-6-2-1-5-11(12)9-15-18(25)24-17(27-15)10-16-23-13-7-3-4-8-14(13)26-16/h1-10H,(H,24,25)/b15-9-,17-10-. The van der Waals surface area contributed by atoms with Crippen LogP contribution in [0.1, 0.15) is 16.1 Å². The molecular weight excluding hydrogens is 393 g/mol. The van der Waals surface area contributed by atoms with E-state index in [9.17, 15) is 18.0 Å². The number of rotatable bonds is 2. The van der Waals surface area contributed by atoms with Crippen molar-refractivity contribution in [2.24, 2.45) is 0 Å². The van der Waals surface area contributed by atoms with Gasteiger partial charge in [-0.3, -0.25) is 4.79 Å². The number of benzene rings is 2. The fourth-order valence-electron chi connectivity index (χ4n) is 2.61. The molecule has 0 aliphatic heterocycles. The third-order valence-electron chi connectivity index (χ3n) is 3.80. The van der Waals surface area contributed by atoms with Crippen molar-refractivity contribution in [1.82, 2.24) is 9.97 Å². The first-order valence-electron chi connectivity index (χ1n) is 7.84. The second kappa shape index (κ2) is 6.79. The molecule has 0 atom stereocenters. The van der Waals surface area contributed by atoms with Gasteiger partial charge in [0.15, 0.2) is 0 Å². The fraction of sp³-hybridized carbons (Fsp3) is 0.0526. The van der Waals surface area contributed by atoms with E-state index in [0.717, 1.165) is 32.6 Å². The second-order valence-electron chi connectivity index (χ2n) is 5.68. The van der Waals surface area contributed by atoms with Crippen LogP contribution < -0.4 is 14.8 Å². The summed E-state index contributed by atoms with van der Waals surface area (Å²) < 4.78 is 41.2. The number of nitrogens with zero attached hydrogens (tertiary/aromatic N) is 1. The molecule has 4 rings (SSSR count). The zero-order valence-corrected chi connectivity index (χ0v) is 15.2. The van der Waals surface area contributed by atoms with Gasteiger partial charge in [0.2, 0.25) is 0 Å². The van der Waals surface area contributed by atoms with Crippen LogP contribution in [-0.2, 0) is 6.18 Å². The second-order valence-corrected chi connectivity index (χ2v) is 7.82. The van der Waals surface area contributed by atoms with E-state index in [1.54, 1.807) is 6.08 Å². The van der Waals surface area contributed by atoms with Crippen LogP contribution in [0.15, 0.2) is 53.3 Å². The normalized spacial score (nSPS) is 13.6. The zero-order valence-electron chi connectivity index (χ0n) is 13.6. The molecule has 136 valence electrons. The molecular formula is C19H11F3N2OS2. The summed E-state index contributed by atoms with van der Waals surface area (Å²) in [5.74, 6) is 0. The molecule has 0 aliphatic rings. The Bertz CT molecular complexity index is 1270. The Hall–Kier alpha value is -2.71. The smallest absolute Gasteiger partial charge is 0.313 e. The molecule has 1 N–H and O–H groups in total. The van der Waals surface area contributed by atoms with Crippen LogP contribution >= 0.6 is 22.7 Å². The number of thiazole rings is 2. The van der Waals surface area contributed by atoms with Gasteiger partial charge >= 0.3 is 6.18 Å². The van der Waals surface area contributed by atoms with E-state index in [4.69, 9.17) is 0 Å². The Kier molecular flexibility index (Phi) is 4.45. The lowest BCUT2D eigenvalue weighted by Gasteiger charge is -2.09. The Morgan fingerprint density at radius 2 is 1.70 bits per heavy atom. The molecule has 27 heavy (non-hydrogen) atoms. The summed E-state index contributed by atoms with van der Waals surface area (Å²) in [5, 5.41) is 0.718. The molecule has 4 aromatic rings. The van der Waals surface area contributed by atoms with Gasteiger partial charge in [0.05, 0.1) is 25.0 Å². The van der Waals surface area contributed by atoms with Gasteiger partial charge in [0, 0.05) is 6.08 Å². The molecule has 0 saturated heterocycles. The maximum absolute atomic E-state index is 13.1. The van der Waals surface area contributed by atoms with E-state index in [1.807, 2.05) is 24.3 Å². The van der Waals surface area contributed by atoms with Crippen LogP contribution in [0.4, 0.5) is 13.2 Å². The molecule has 0 radical (unpaired) electrons. The van der Waals surface area contributed by atoms with Crippen LogP contribution in [0.5, 0.6) is 0 Å². The number of aromatic amines is 1. The number of aromatic nitrogens is 2. The molecule has 3 nitrogen and oxygen atoms in total.